The summed E-state index contributed by atoms with van der Waals surface area (Å²) in [6.45, 7) is 4.32. The van der Waals surface area contributed by atoms with Crippen LogP contribution in [-0.4, -0.2) is 31.6 Å². The van der Waals surface area contributed by atoms with E-state index in [9.17, 15) is 4.79 Å². The maximum atomic E-state index is 11.8. The predicted molar refractivity (Wildman–Crippen MR) is 81.4 cm³/mol. The quantitative estimate of drug-likeness (QED) is 0.597. The Balaban J connectivity index is 2.99. The molecule has 0 heterocycles. The predicted octanol–water partition coefficient (Wildman–Crippen LogP) is 3.02. The van der Waals surface area contributed by atoms with Gasteiger partial charge in [0.05, 0.1) is 18.6 Å². The van der Waals surface area contributed by atoms with Gasteiger partial charge in [0.15, 0.2) is 0 Å². The number of hydrogen-bond donors (Lipinski definition) is 0. The normalized spacial score (nSPS) is 14.3. The van der Waals surface area contributed by atoms with Crippen LogP contribution < -0.4 is 0 Å². The van der Waals surface area contributed by atoms with Crippen molar-refractivity contribution in [1.29, 1.82) is 0 Å². The molecule has 100 valence electrons. The zero-order valence-corrected chi connectivity index (χ0v) is 13.5. The minimum atomic E-state index is -0.337. The Hall–Kier alpha value is -0.620. The number of ether oxygens (including phenoxy) is 1. The molecule has 0 radical (unpaired) electrons. The van der Waals surface area contributed by atoms with Crippen LogP contribution in [0.15, 0.2) is 24.3 Å². The molecule has 1 atom stereocenters. The molecule has 3 nitrogen and oxygen atoms in total. The summed E-state index contributed by atoms with van der Waals surface area (Å²) in [4.78, 5) is 13.8. The van der Waals surface area contributed by atoms with Gasteiger partial charge >= 0.3 is 5.97 Å². The van der Waals surface area contributed by atoms with Crippen molar-refractivity contribution in [2.24, 2.45) is 0 Å². The van der Waals surface area contributed by atoms with Crippen molar-refractivity contribution in [3.05, 3.63) is 33.4 Å². The second-order valence-corrected chi connectivity index (χ2v) is 5.90. The van der Waals surface area contributed by atoms with Gasteiger partial charge in [0.1, 0.15) is 0 Å². The first-order valence-electron chi connectivity index (χ1n) is 5.99. The fraction of sp³-hybridized carbons (Fsp3) is 0.500. The Labute approximate surface area is 123 Å². The summed E-state index contributed by atoms with van der Waals surface area (Å²) in [5.41, 5.74) is 0.789. The van der Waals surface area contributed by atoms with Gasteiger partial charge in [0, 0.05) is 3.57 Å². The van der Waals surface area contributed by atoms with Gasteiger partial charge in [0.25, 0.3) is 0 Å². The highest BCUT2D eigenvalue weighted by Gasteiger charge is 2.32. The summed E-state index contributed by atoms with van der Waals surface area (Å²) in [6.07, 6.45) is 0.356. The summed E-state index contributed by atoms with van der Waals surface area (Å²) < 4.78 is 6.25. The van der Waals surface area contributed by atoms with Crippen LogP contribution >= 0.6 is 22.6 Å². The third-order valence-electron chi connectivity index (χ3n) is 3.25. The SMILES string of the molecule is CCOC(=O)CC(C)(c1ccc(I)cc1)N(C)C. The molecule has 0 aromatic heterocycles. The van der Waals surface area contributed by atoms with Crippen molar-refractivity contribution in [1.82, 2.24) is 4.90 Å². The van der Waals surface area contributed by atoms with Gasteiger partial charge in [-0.2, -0.15) is 0 Å². The third kappa shape index (κ3) is 3.68. The van der Waals surface area contributed by atoms with Crippen LogP contribution in [0, 0.1) is 3.57 Å². The lowest BCUT2D eigenvalue weighted by atomic mass is 9.87. The molecular weight excluding hydrogens is 341 g/mol. The van der Waals surface area contributed by atoms with Gasteiger partial charge in [-0.15, -0.1) is 0 Å². The van der Waals surface area contributed by atoms with Gasteiger partial charge < -0.3 is 4.74 Å². The molecule has 1 aromatic carbocycles. The molecule has 1 unspecified atom stereocenters. The molecule has 18 heavy (non-hydrogen) atoms. The van der Waals surface area contributed by atoms with E-state index in [1.807, 2.05) is 21.0 Å². The van der Waals surface area contributed by atoms with E-state index < -0.39 is 0 Å². The molecule has 0 aliphatic heterocycles. The van der Waals surface area contributed by atoms with E-state index in [4.69, 9.17) is 4.74 Å². The first-order chi connectivity index (χ1) is 8.40. The molecule has 4 heteroatoms. The topological polar surface area (TPSA) is 29.5 Å². The molecule has 0 spiro atoms. The molecule has 1 aromatic rings. The smallest absolute Gasteiger partial charge is 0.307 e. The minimum Gasteiger partial charge on any atom is -0.466 e. The lowest BCUT2D eigenvalue weighted by molar-refractivity contribution is -0.146. The van der Waals surface area contributed by atoms with Gasteiger partial charge in [-0.25, -0.2) is 0 Å². The standard InChI is InChI=1S/C14H20INO2/c1-5-18-13(17)10-14(2,16(3)4)11-6-8-12(15)9-7-11/h6-9H,5,10H2,1-4H3. The van der Waals surface area contributed by atoms with Crippen LogP contribution in [0.1, 0.15) is 25.8 Å². The van der Waals surface area contributed by atoms with Crippen LogP contribution in [0.4, 0.5) is 0 Å². The monoisotopic (exact) mass is 361 g/mol. The highest BCUT2D eigenvalue weighted by molar-refractivity contribution is 14.1. The number of benzene rings is 1. The van der Waals surface area contributed by atoms with Crippen molar-refractivity contribution in [3.63, 3.8) is 0 Å². The van der Waals surface area contributed by atoms with Crippen LogP contribution in [0.5, 0.6) is 0 Å². The Kier molecular flexibility index (Phi) is 5.59. The average Bonchev–Trinajstić information content (AvgIpc) is 2.29. The highest BCUT2D eigenvalue weighted by atomic mass is 127. The van der Waals surface area contributed by atoms with E-state index in [1.54, 1.807) is 0 Å². The number of carbonyl (C=O) groups is 1. The van der Waals surface area contributed by atoms with Gasteiger partial charge in [-0.05, 0) is 68.2 Å². The van der Waals surface area contributed by atoms with Crippen LogP contribution in [0.2, 0.25) is 0 Å². The molecule has 0 N–H and O–H groups in total. The second-order valence-electron chi connectivity index (χ2n) is 4.66. The zero-order chi connectivity index (χ0) is 13.8. The van der Waals surface area contributed by atoms with Crippen LogP contribution in [0.25, 0.3) is 0 Å². The first kappa shape index (κ1) is 15.4. The van der Waals surface area contributed by atoms with Gasteiger partial charge in [-0.3, -0.25) is 9.69 Å². The van der Waals surface area contributed by atoms with Crippen molar-refractivity contribution in [2.45, 2.75) is 25.8 Å². The molecule has 0 amide bonds. The number of rotatable bonds is 5. The Morgan fingerprint density at radius 1 is 1.33 bits per heavy atom. The minimum absolute atomic E-state index is 0.160. The Morgan fingerprint density at radius 3 is 2.33 bits per heavy atom. The van der Waals surface area contributed by atoms with E-state index >= 15 is 0 Å². The fourth-order valence-corrected chi connectivity index (χ4v) is 2.18. The maximum absolute atomic E-state index is 11.8. The molecule has 0 aliphatic carbocycles. The van der Waals surface area contributed by atoms with Gasteiger partial charge in [0.2, 0.25) is 0 Å². The first-order valence-corrected chi connectivity index (χ1v) is 7.07. The summed E-state index contributed by atoms with van der Waals surface area (Å²) in [5.74, 6) is -0.160. The number of hydrogen-bond acceptors (Lipinski definition) is 3. The molecule has 0 saturated heterocycles. The number of halogens is 1. The Bertz CT molecular complexity index is 403. The summed E-state index contributed by atoms with van der Waals surface area (Å²) in [6, 6.07) is 8.26. The molecule has 1 rings (SSSR count). The molecular formula is C14H20INO2. The van der Waals surface area contributed by atoms with E-state index in [1.165, 1.54) is 3.57 Å². The number of esters is 1. The van der Waals surface area contributed by atoms with Crippen molar-refractivity contribution >= 4 is 28.6 Å². The van der Waals surface area contributed by atoms with Crippen molar-refractivity contribution in [3.8, 4) is 0 Å². The van der Waals surface area contributed by atoms with Crippen LogP contribution in [0.3, 0.4) is 0 Å². The van der Waals surface area contributed by atoms with Crippen molar-refractivity contribution < 1.29 is 9.53 Å². The fourth-order valence-electron chi connectivity index (χ4n) is 1.82. The lowest BCUT2D eigenvalue weighted by Crippen LogP contribution is -2.40. The molecule has 0 fully saturated rings. The van der Waals surface area contributed by atoms with E-state index in [0.717, 1.165) is 5.56 Å². The van der Waals surface area contributed by atoms with Crippen LogP contribution in [-0.2, 0) is 15.1 Å². The largest absolute Gasteiger partial charge is 0.466 e. The molecule has 0 saturated carbocycles. The summed E-state index contributed by atoms with van der Waals surface area (Å²) >= 11 is 2.28. The average molecular weight is 361 g/mol. The summed E-state index contributed by atoms with van der Waals surface area (Å²) in [7, 11) is 3.97. The molecule has 0 bridgehead atoms. The van der Waals surface area contributed by atoms with E-state index in [-0.39, 0.29) is 11.5 Å². The van der Waals surface area contributed by atoms with Crippen molar-refractivity contribution in [2.75, 3.05) is 20.7 Å². The van der Waals surface area contributed by atoms with Gasteiger partial charge in [-0.1, -0.05) is 12.1 Å². The highest BCUT2D eigenvalue weighted by Crippen LogP contribution is 2.30. The van der Waals surface area contributed by atoms with E-state index in [0.29, 0.717) is 13.0 Å². The van der Waals surface area contributed by atoms with E-state index in [2.05, 4.69) is 58.7 Å². The Morgan fingerprint density at radius 2 is 1.89 bits per heavy atom. The number of carbonyl (C=O) groups excluding carboxylic acids is 1. The maximum Gasteiger partial charge on any atom is 0.307 e. The number of nitrogens with zero attached hydrogens (tertiary/aromatic N) is 1. The molecule has 0 aliphatic rings. The second kappa shape index (κ2) is 6.52. The zero-order valence-electron chi connectivity index (χ0n) is 11.4. The third-order valence-corrected chi connectivity index (χ3v) is 3.97. The summed E-state index contributed by atoms with van der Waals surface area (Å²) in [5, 5.41) is 0. The lowest BCUT2D eigenvalue weighted by Gasteiger charge is -2.36.